The largest absolute Gasteiger partial charge is 0.416 e. The molecule has 5 nitrogen and oxygen atoms in total. The monoisotopic (exact) mass is 586 g/mol. The first-order valence-corrected chi connectivity index (χ1v) is 15.5. The fourth-order valence-corrected chi connectivity index (χ4v) is 8.06. The average Bonchev–Trinajstić information content (AvgIpc) is 3.56. The maximum atomic E-state index is 13.2. The highest BCUT2D eigenvalue weighted by atomic mass is 19.4. The smallest absolute Gasteiger partial charge is 0.339 e. The van der Waals surface area contributed by atoms with E-state index in [0.29, 0.717) is 17.6 Å². The molecule has 1 amide bonds. The number of hydrogen-bond donors (Lipinski definition) is 0. The van der Waals surface area contributed by atoms with E-state index in [9.17, 15) is 18.0 Å². The van der Waals surface area contributed by atoms with Crippen molar-refractivity contribution in [2.45, 2.75) is 74.7 Å². The summed E-state index contributed by atoms with van der Waals surface area (Å²) in [6.07, 6.45) is 4.60. The predicted octanol–water partition coefficient (Wildman–Crippen LogP) is 7.49. The Morgan fingerprint density at radius 1 is 0.860 bits per heavy atom. The summed E-state index contributed by atoms with van der Waals surface area (Å²) in [6, 6.07) is 25.5. The minimum Gasteiger partial charge on any atom is -0.339 e. The molecule has 0 unspecified atom stereocenters. The Balaban J connectivity index is 1.05. The van der Waals surface area contributed by atoms with Crippen LogP contribution in [0.2, 0.25) is 0 Å². The summed E-state index contributed by atoms with van der Waals surface area (Å²) in [5, 5.41) is 0. The number of rotatable bonds is 6. The van der Waals surface area contributed by atoms with Gasteiger partial charge in [0, 0.05) is 36.8 Å². The summed E-state index contributed by atoms with van der Waals surface area (Å²) in [5.41, 5.74) is 2.69. The number of amides is 1. The molecular weight excluding hydrogens is 549 g/mol. The van der Waals surface area contributed by atoms with Gasteiger partial charge in [-0.3, -0.25) is 9.69 Å². The van der Waals surface area contributed by atoms with E-state index in [1.165, 1.54) is 11.6 Å². The third-order valence-electron chi connectivity index (χ3n) is 10.4. The zero-order valence-corrected chi connectivity index (χ0v) is 24.2. The summed E-state index contributed by atoms with van der Waals surface area (Å²) in [5.74, 6) is 0.115. The third kappa shape index (κ3) is 5.35. The highest BCUT2D eigenvalue weighted by Gasteiger charge is 2.44. The first-order chi connectivity index (χ1) is 20.8. The molecule has 3 atom stereocenters. The van der Waals surface area contributed by atoms with Crippen molar-refractivity contribution < 1.29 is 18.0 Å². The predicted molar refractivity (Wildman–Crippen MR) is 161 cm³/mol. The van der Waals surface area contributed by atoms with E-state index in [-0.39, 0.29) is 17.4 Å². The van der Waals surface area contributed by atoms with Gasteiger partial charge in [0.2, 0.25) is 0 Å². The maximum absolute atomic E-state index is 13.2. The Hall–Kier alpha value is -3.65. The number of likely N-dealkylation sites (tertiary alicyclic amines) is 1. The molecule has 0 N–H and O–H groups in total. The number of aromatic nitrogens is 2. The first kappa shape index (κ1) is 28.1. The van der Waals surface area contributed by atoms with Gasteiger partial charge in [-0.2, -0.15) is 13.2 Å². The average molecular weight is 587 g/mol. The van der Waals surface area contributed by atoms with Gasteiger partial charge >= 0.3 is 6.18 Å². The fraction of sp³-hybridized carbons (Fsp3) is 0.429. The van der Waals surface area contributed by atoms with Crippen LogP contribution in [0.15, 0.2) is 85.2 Å². The van der Waals surface area contributed by atoms with Gasteiger partial charge in [0.25, 0.3) is 5.91 Å². The van der Waals surface area contributed by atoms with Crippen molar-refractivity contribution in [2.75, 3.05) is 19.6 Å². The SMILES string of the molecule is O=C(c1ccccc1)N1CCC(CCN2[C@@H]3CC[C@H]2C[C@H](n2cnc4cc(C(F)(F)F)ccc42)C3)(c2ccccc2)CC1. The van der Waals surface area contributed by atoms with Gasteiger partial charge in [0.05, 0.1) is 22.9 Å². The maximum Gasteiger partial charge on any atom is 0.416 e. The standard InChI is InChI=1S/C35H37F3N4O/c36-35(37,38)27-11-14-32-31(21-27)39-24-42(32)30-22-28-12-13-29(23-30)41(28)20-17-34(26-9-5-2-6-10-26)15-18-40(19-16-34)33(43)25-7-3-1-4-8-25/h1-11,14,21,24,28-30H,12-13,15-20,22-23H2/t28-,29+,30-. The number of fused-ring (bicyclic) bond motifs is 3. The lowest BCUT2D eigenvalue weighted by Crippen LogP contribution is -2.49. The van der Waals surface area contributed by atoms with Crippen molar-refractivity contribution in [3.05, 3.63) is 102 Å². The molecule has 224 valence electrons. The summed E-state index contributed by atoms with van der Waals surface area (Å²) in [7, 11) is 0. The Bertz CT molecular complexity index is 1560. The quantitative estimate of drug-likeness (QED) is 0.235. The van der Waals surface area contributed by atoms with Gasteiger partial charge in [-0.15, -0.1) is 0 Å². The second-order valence-corrected chi connectivity index (χ2v) is 12.7. The molecule has 8 heteroatoms. The summed E-state index contributed by atoms with van der Waals surface area (Å²) < 4.78 is 41.8. The molecule has 3 aliphatic heterocycles. The number of nitrogens with zero attached hydrogens (tertiary/aromatic N) is 4. The molecule has 3 fully saturated rings. The molecule has 0 aliphatic carbocycles. The number of imidazole rings is 1. The van der Waals surface area contributed by atoms with Crippen LogP contribution < -0.4 is 0 Å². The molecule has 0 spiro atoms. The number of benzene rings is 3. The van der Waals surface area contributed by atoms with Gasteiger partial charge in [-0.1, -0.05) is 48.5 Å². The van der Waals surface area contributed by atoms with Gasteiger partial charge in [-0.05, 0) is 92.8 Å². The number of carbonyl (C=O) groups excluding carboxylic acids is 1. The second kappa shape index (κ2) is 11.1. The van der Waals surface area contributed by atoms with E-state index < -0.39 is 11.7 Å². The van der Waals surface area contributed by atoms with Crippen LogP contribution in [0.1, 0.15) is 72.5 Å². The van der Waals surface area contributed by atoms with Gasteiger partial charge in [0.1, 0.15) is 0 Å². The van der Waals surface area contributed by atoms with Crippen LogP contribution in [0.5, 0.6) is 0 Å². The number of carbonyl (C=O) groups is 1. The molecule has 43 heavy (non-hydrogen) atoms. The topological polar surface area (TPSA) is 41.4 Å². The number of halogens is 3. The van der Waals surface area contributed by atoms with Crippen molar-refractivity contribution in [3.8, 4) is 0 Å². The van der Waals surface area contributed by atoms with E-state index in [1.807, 2.05) is 35.2 Å². The molecular formula is C35H37F3N4O. The minimum atomic E-state index is -4.37. The highest BCUT2D eigenvalue weighted by Crippen LogP contribution is 2.45. The van der Waals surface area contributed by atoms with Crippen LogP contribution in [0.4, 0.5) is 13.2 Å². The molecule has 4 aromatic rings. The molecule has 0 saturated carbocycles. The number of piperidine rings is 2. The molecule has 1 aromatic heterocycles. The van der Waals surface area contributed by atoms with Crippen LogP contribution >= 0.6 is 0 Å². The van der Waals surface area contributed by atoms with E-state index >= 15 is 0 Å². The molecule has 0 radical (unpaired) electrons. The van der Waals surface area contributed by atoms with Crippen LogP contribution in [-0.2, 0) is 11.6 Å². The van der Waals surface area contributed by atoms with Crippen molar-refractivity contribution in [1.82, 2.24) is 19.4 Å². The van der Waals surface area contributed by atoms with Gasteiger partial charge in [-0.25, -0.2) is 4.98 Å². The van der Waals surface area contributed by atoms with Crippen molar-refractivity contribution in [2.24, 2.45) is 0 Å². The molecule has 3 saturated heterocycles. The fourth-order valence-electron chi connectivity index (χ4n) is 8.06. The summed E-state index contributed by atoms with van der Waals surface area (Å²) >= 11 is 0. The number of hydrogen-bond acceptors (Lipinski definition) is 3. The van der Waals surface area contributed by atoms with Crippen molar-refractivity contribution in [3.63, 3.8) is 0 Å². The van der Waals surface area contributed by atoms with Crippen LogP contribution in [0, 0.1) is 0 Å². The van der Waals surface area contributed by atoms with Crippen molar-refractivity contribution >= 4 is 16.9 Å². The molecule has 3 aliphatic rings. The van der Waals surface area contributed by atoms with Crippen molar-refractivity contribution in [1.29, 1.82) is 0 Å². The Kier molecular flexibility index (Phi) is 7.28. The normalized spacial score (nSPS) is 24.0. The second-order valence-electron chi connectivity index (χ2n) is 12.7. The van der Waals surface area contributed by atoms with Crippen LogP contribution in [-0.4, -0.2) is 57.0 Å². The lowest BCUT2D eigenvalue weighted by atomic mass is 9.70. The van der Waals surface area contributed by atoms with Crippen LogP contribution in [0.25, 0.3) is 11.0 Å². The lowest BCUT2D eigenvalue weighted by Gasteiger charge is -2.45. The van der Waals surface area contributed by atoms with E-state index in [2.05, 4.69) is 44.8 Å². The van der Waals surface area contributed by atoms with E-state index in [0.717, 1.165) is 81.7 Å². The molecule has 7 rings (SSSR count). The number of alkyl halides is 3. The Labute approximate surface area is 250 Å². The minimum absolute atomic E-state index is 0.0295. The molecule has 4 heterocycles. The lowest BCUT2D eigenvalue weighted by molar-refractivity contribution is -0.137. The van der Waals surface area contributed by atoms with E-state index in [4.69, 9.17) is 0 Å². The van der Waals surface area contributed by atoms with Gasteiger partial charge < -0.3 is 9.47 Å². The van der Waals surface area contributed by atoms with Gasteiger partial charge in [0.15, 0.2) is 0 Å². The first-order valence-electron chi connectivity index (χ1n) is 15.5. The van der Waals surface area contributed by atoms with E-state index in [1.54, 1.807) is 12.4 Å². The zero-order chi connectivity index (χ0) is 29.6. The van der Waals surface area contributed by atoms with Crippen LogP contribution in [0.3, 0.4) is 0 Å². The molecule has 3 aromatic carbocycles. The highest BCUT2D eigenvalue weighted by molar-refractivity contribution is 5.94. The Morgan fingerprint density at radius 3 is 2.16 bits per heavy atom. The summed E-state index contributed by atoms with van der Waals surface area (Å²) in [4.78, 5) is 22.3. The zero-order valence-electron chi connectivity index (χ0n) is 24.2. The third-order valence-corrected chi connectivity index (χ3v) is 10.4. The summed E-state index contributed by atoms with van der Waals surface area (Å²) in [6.45, 7) is 2.52. The Morgan fingerprint density at radius 2 is 1.51 bits per heavy atom. The molecule has 2 bridgehead atoms.